The van der Waals surface area contributed by atoms with Crippen LogP contribution in [-0.4, -0.2) is 37.2 Å². The molecule has 1 aromatic heterocycles. The lowest BCUT2D eigenvalue weighted by atomic mass is 10.2. The molecule has 3 rings (SSSR count). The summed E-state index contributed by atoms with van der Waals surface area (Å²) in [6, 6.07) is 16.0. The van der Waals surface area contributed by atoms with Crippen LogP contribution in [0.4, 0.5) is 4.79 Å². The summed E-state index contributed by atoms with van der Waals surface area (Å²) in [7, 11) is -3.66. The van der Waals surface area contributed by atoms with Crippen molar-refractivity contribution in [1.29, 1.82) is 0 Å². The number of carbonyl (C=O) groups excluding carboxylic acids is 1. The monoisotopic (exact) mass is 471 g/mol. The lowest BCUT2D eigenvalue weighted by molar-refractivity contribution is 0.0527. The largest absolute Gasteiger partial charge is 0.444 e. The van der Waals surface area contributed by atoms with Gasteiger partial charge in [-0.3, -0.25) is 0 Å². The van der Waals surface area contributed by atoms with Gasteiger partial charge in [0.1, 0.15) is 5.60 Å². The van der Waals surface area contributed by atoms with Crippen LogP contribution in [0.2, 0.25) is 0 Å². The summed E-state index contributed by atoms with van der Waals surface area (Å²) in [5.41, 5.74) is 1.13. The zero-order valence-corrected chi connectivity index (χ0v) is 20.3. The van der Waals surface area contributed by atoms with Gasteiger partial charge in [-0.15, -0.1) is 0 Å². The molecule has 0 aliphatic carbocycles. The molecule has 7 nitrogen and oxygen atoms in total. The predicted molar refractivity (Wildman–Crippen MR) is 131 cm³/mol. The second kappa shape index (κ2) is 10.9. The quantitative estimate of drug-likeness (QED) is 0.420. The normalized spacial score (nSPS) is 12.1. The highest BCUT2D eigenvalue weighted by Crippen LogP contribution is 2.26. The number of alkyl carbamates (subject to hydrolysis) is 1. The molecule has 0 fully saturated rings. The summed E-state index contributed by atoms with van der Waals surface area (Å²) >= 11 is 0. The molecule has 0 saturated carbocycles. The summed E-state index contributed by atoms with van der Waals surface area (Å²) in [6.07, 6.45) is 4.12. The Hall–Kier alpha value is -2.84. The van der Waals surface area contributed by atoms with Crippen molar-refractivity contribution in [3.05, 3.63) is 66.4 Å². The first kappa shape index (κ1) is 24.8. The lowest BCUT2D eigenvalue weighted by Crippen LogP contribution is -2.33. The number of hydrogen-bond acceptors (Lipinski definition) is 5. The van der Waals surface area contributed by atoms with Crippen molar-refractivity contribution < 1.29 is 17.9 Å². The maximum absolute atomic E-state index is 13.2. The Kier molecular flexibility index (Phi) is 8.15. The maximum Gasteiger partial charge on any atom is 0.407 e. The van der Waals surface area contributed by atoms with Crippen LogP contribution >= 0.6 is 0 Å². The third-order valence-corrected chi connectivity index (χ3v) is 6.76. The molecule has 8 heteroatoms. The zero-order chi connectivity index (χ0) is 23.9. The number of fused-ring (bicyclic) bond motifs is 1. The van der Waals surface area contributed by atoms with Crippen molar-refractivity contribution in [2.24, 2.45) is 0 Å². The number of nitrogens with zero attached hydrogens (tertiary/aromatic N) is 1. The fraction of sp³-hybridized carbons (Fsp3) is 0.400. The minimum atomic E-state index is -3.66. The number of rotatable bonds is 10. The van der Waals surface area contributed by atoms with E-state index in [1.54, 1.807) is 36.5 Å². The molecule has 178 valence electrons. The molecule has 0 aliphatic heterocycles. The smallest absolute Gasteiger partial charge is 0.407 e. The molecule has 0 aliphatic rings. The highest BCUT2D eigenvalue weighted by Gasteiger charge is 2.20. The van der Waals surface area contributed by atoms with Crippen molar-refractivity contribution in [3.63, 3.8) is 0 Å². The molecule has 0 spiro atoms. The second-order valence-corrected chi connectivity index (χ2v) is 10.8. The van der Waals surface area contributed by atoms with Crippen molar-refractivity contribution >= 4 is 27.0 Å². The predicted octanol–water partition coefficient (Wildman–Crippen LogP) is 4.66. The van der Waals surface area contributed by atoms with Gasteiger partial charge in [-0.1, -0.05) is 42.8 Å². The standard InChI is InChI=1S/C25H33N3O4S/c1-25(2,3)32-24(29)27-17-11-5-10-16-26-18-20-19-28(23-15-9-8-14-22(20)23)33(30,31)21-12-6-4-7-13-21/h4,6-9,12-15,19,26H,5,10-11,16-18H2,1-3H3,(H,27,29). The Morgan fingerprint density at radius 3 is 2.33 bits per heavy atom. The van der Waals surface area contributed by atoms with Crippen LogP contribution in [0.15, 0.2) is 65.7 Å². The van der Waals surface area contributed by atoms with Gasteiger partial charge in [0.2, 0.25) is 0 Å². The molecule has 0 saturated heterocycles. The fourth-order valence-corrected chi connectivity index (χ4v) is 4.96. The summed E-state index contributed by atoms with van der Waals surface area (Å²) in [5.74, 6) is 0. The highest BCUT2D eigenvalue weighted by atomic mass is 32.2. The summed E-state index contributed by atoms with van der Waals surface area (Å²) in [6.45, 7) is 7.48. The first-order valence-electron chi connectivity index (χ1n) is 11.3. The molecule has 0 bridgehead atoms. The van der Waals surface area contributed by atoms with E-state index in [0.717, 1.165) is 36.8 Å². The van der Waals surface area contributed by atoms with Crippen LogP contribution in [0.1, 0.15) is 45.6 Å². The van der Waals surface area contributed by atoms with E-state index in [2.05, 4.69) is 10.6 Å². The minimum Gasteiger partial charge on any atom is -0.444 e. The summed E-state index contributed by atoms with van der Waals surface area (Å²) in [5, 5.41) is 7.10. The average molecular weight is 472 g/mol. The maximum atomic E-state index is 13.2. The second-order valence-electron chi connectivity index (χ2n) is 8.95. The van der Waals surface area contributed by atoms with Gasteiger partial charge >= 0.3 is 6.09 Å². The molecule has 0 unspecified atom stereocenters. The fourth-order valence-electron chi connectivity index (χ4n) is 3.54. The number of hydrogen-bond donors (Lipinski definition) is 2. The number of aromatic nitrogens is 1. The van der Waals surface area contributed by atoms with Crippen LogP contribution in [0.25, 0.3) is 10.9 Å². The molecule has 2 aromatic carbocycles. The van der Waals surface area contributed by atoms with Gasteiger partial charge in [0, 0.05) is 24.7 Å². The van der Waals surface area contributed by atoms with Gasteiger partial charge in [0.15, 0.2) is 0 Å². The van der Waals surface area contributed by atoms with Gasteiger partial charge < -0.3 is 15.4 Å². The van der Waals surface area contributed by atoms with Crippen LogP contribution in [0, 0.1) is 0 Å². The number of amides is 1. The van der Waals surface area contributed by atoms with E-state index < -0.39 is 15.6 Å². The van der Waals surface area contributed by atoms with Gasteiger partial charge in [-0.25, -0.2) is 17.2 Å². The van der Waals surface area contributed by atoms with Crippen molar-refractivity contribution in [1.82, 2.24) is 14.6 Å². The Morgan fingerprint density at radius 1 is 0.939 bits per heavy atom. The number of carbonyl (C=O) groups is 1. The molecule has 1 amide bonds. The Bertz CT molecular complexity index is 1170. The first-order chi connectivity index (χ1) is 15.7. The number of ether oxygens (including phenoxy) is 1. The van der Waals surface area contributed by atoms with E-state index in [-0.39, 0.29) is 11.0 Å². The van der Waals surface area contributed by atoms with E-state index in [1.165, 1.54) is 3.97 Å². The molecular weight excluding hydrogens is 438 g/mol. The number of unbranched alkanes of at least 4 members (excludes halogenated alkanes) is 2. The lowest BCUT2D eigenvalue weighted by Gasteiger charge is -2.19. The van der Waals surface area contributed by atoms with E-state index in [4.69, 9.17) is 4.74 Å². The Balaban J connectivity index is 1.51. The van der Waals surface area contributed by atoms with Gasteiger partial charge in [0.25, 0.3) is 10.0 Å². The third kappa shape index (κ3) is 6.82. The number of nitrogens with one attached hydrogen (secondary N) is 2. The molecule has 0 atom stereocenters. The molecule has 0 radical (unpaired) electrons. The van der Waals surface area contributed by atoms with E-state index in [1.807, 2.05) is 45.0 Å². The summed E-state index contributed by atoms with van der Waals surface area (Å²) < 4.78 is 32.9. The molecule has 2 N–H and O–H groups in total. The van der Waals surface area contributed by atoms with E-state index in [9.17, 15) is 13.2 Å². The van der Waals surface area contributed by atoms with E-state index in [0.29, 0.717) is 18.6 Å². The molecule has 1 heterocycles. The van der Waals surface area contributed by atoms with Crippen molar-refractivity contribution in [2.75, 3.05) is 13.1 Å². The van der Waals surface area contributed by atoms with E-state index >= 15 is 0 Å². The topological polar surface area (TPSA) is 89.4 Å². The average Bonchev–Trinajstić information content (AvgIpc) is 3.14. The SMILES string of the molecule is CC(C)(C)OC(=O)NCCCCCNCc1cn(S(=O)(=O)c2ccccc2)c2ccccc12. The number of para-hydroxylation sites is 1. The van der Waals surface area contributed by atoms with Crippen molar-refractivity contribution in [3.8, 4) is 0 Å². The van der Waals surface area contributed by atoms with Crippen LogP contribution < -0.4 is 10.6 Å². The Labute approximate surface area is 196 Å². The molecule has 3 aromatic rings. The zero-order valence-electron chi connectivity index (χ0n) is 19.5. The first-order valence-corrected chi connectivity index (χ1v) is 12.7. The summed E-state index contributed by atoms with van der Waals surface area (Å²) in [4.78, 5) is 11.9. The van der Waals surface area contributed by atoms with Crippen LogP contribution in [0.5, 0.6) is 0 Å². The molecule has 33 heavy (non-hydrogen) atoms. The Morgan fingerprint density at radius 2 is 1.61 bits per heavy atom. The third-order valence-electron chi connectivity index (χ3n) is 5.07. The van der Waals surface area contributed by atoms with Crippen LogP contribution in [0.3, 0.4) is 0 Å². The van der Waals surface area contributed by atoms with Gasteiger partial charge in [0.05, 0.1) is 10.4 Å². The minimum absolute atomic E-state index is 0.269. The van der Waals surface area contributed by atoms with Gasteiger partial charge in [-0.05, 0) is 63.9 Å². The number of benzene rings is 2. The molecular formula is C25H33N3O4S. The highest BCUT2D eigenvalue weighted by molar-refractivity contribution is 7.90. The van der Waals surface area contributed by atoms with Gasteiger partial charge in [-0.2, -0.15) is 0 Å². The van der Waals surface area contributed by atoms with Crippen molar-refractivity contribution in [2.45, 2.75) is 57.1 Å². The van der Waals surface area contributed by atoms with Crippen LogP contribution in [-0.2, 0) is 21.3 Å².